The van der Waals surface area contributed by atoms with E-state index in [9.17, 15) is 9.90 Å². The molecule has 4 rings (SSSR count). The molecule has 0 saturated carbocycles. The van der Waals surface area contributed by atoms with Crippen LogP contribution >= 0.6 is 0 Å². The second-order valence-electron chi connectivity index (χ2n) is 8.27. The molecule has 0 bridgehead atoms. The van der Waals surface area contributed by atoms with Gasteiger partial charge in [0.1, 0.15) is 5.75 Å². The van der Waals surface area contributed by atoms with Crippen LogP contribution in [0.2, 0.25) is 0 Å². The number of fused-ring (bicyclic) bond motifs is 2. The minimum atomic E-state index is -0.0960. The fourth-order valence-electron chi connectivity index (χ4n) is 4.58. The molecule has 2 amide bonds. The van der Waals surface area contributed by atoms with Crippen molar-refractivity contribution < 1.29 is 9.90 Å². The van der Waals surface area contributed by atoms with Crippen LogP contribution in [0.15, 0.2) is 42.5 Å². The third-order valence-electron chi connectivity index (χ3n) is 5.95. The molecule has 2 aliphatic rings. The zero-order valence-electron chi connectivity index (χ0n) is 16.4. The number of hydrogen-bond acceptors (Lipinski definition) is 3. The van der Waals surface area contributed by atoms with Crippen LogP contribution in [0.3, 0.4) is 0 Å². The van der Waals surface area contributed by atoms with Gasteiger partial charge in [0.2, 0.25) is 0 Å². The van der Waals surface area contributed by atoms with Crippen LogP contribution in [0.4, 0.5) is 4.79 Å². The predicted molar refractivity (Wildman–Crippen MR) is 110 cm³/mol. The smallest absolute Gasteiger partial charge is 0.315 e. The second-order valence-corrected chi connectivity index (χ2v) is 8.27. The second kappa shape index (κ2) is 8.23. The quantitative estimate of drug-likeness (QED) is 0.645. The number of urea groups is 1. The van der Waals surface area contributed by atoms with Crippen LogP contribution in [0.1, 0.15) is 35.6 Å². The topological polar surface area (TPSA) is 73.4 Å². The molecule has 4 N–H and O–H groups in total. The molecule has 1 unspecified atom stereocenters. The van der Waals surface area contributed by atoms with E-state index < -0.39 is 0 Å². The van der Waals surface area contributed by atoms with E-state index in [-0.39, 0.29) is 18.1 Å². The molecule has 1 aliphatic carbocycles. The Morgan fingerprint density at radius 1 is 1.11 bits per heavy atom. The van der Waals surface area contributed by atoms with Gasteiger partial charge >= 0.3 is 6.03 Å². The Morgan fingerprint density at radius 2 is 1.82 bits per heavy atom. The Bertz CT molecular complexity index is 826. The monoisotopic (exact) mass is 379 g/mol. The highest BCUT2D eigenvalue weighted by Gasteiger charge is 2.23. The van der Waals surface area contributed by atoms with E-state index in [2.05, 4.69) is 47.1 Å². The third kappa shape index (κ3) is 4.47. The Hall–Kier alpha value is -2.53. The van der Waals surface area contributed by atoms with E-state index >= 15 is 0 Å². The first-order valence-corrected chi connectivity index (χ1v) is 10.2. The lowest BCUT2D eigenvalue weighted by Gasteiger charge is -2.27. The minimum Gasteiger partial charge on any atom is -0.508 e. The van der Waals surface area contributed by atoms with Crippen LogP contribution in [0, 0.1) is 5.92 Å². The van der Waals surface area contributed by atoms with Crippen LogP contribution < -0.4 is 16.0 Å². The maximum Gasteiger partial charge on any atom is 0.315 e. The standard InChI is InChI=1S/C23H29N3O2/c1-15(8-16-9-17-4-2-3-5-18(17)10-16)26-23(28)25-14-21-11-19-6-7-22(27)12-20(19)13-24-21/h2-7,12,15-16,21,24,27H,8-11,13-14H2,1H3,(H2,25,26,28)/t15-,21?/m0/s1. The molecule has 0 radical (unpaired) electrons. The Kier molecular flexibility index (Phi) is 5.53. The lowest BCUT2D eigenvalue weighted by atomic mass is 9.95. The van der Waals surface area contributed by atoms with Crippen molar-refractivity contribution in [1.82, 2.24) is 16.0 Å². The lowest BCUT2D eigenvalue weighted by Crippen LogP contribution is -2.48. The summed E-state index contributed by atoms with van der Waals surface area (Å²) in [5.74, 6) is 0.913. The number of phenolic OH excluding ortho intramolecular Hbond substituents is 1. The number of phenols is 1. The minimum absolute atomic E-state index is 0.0960. The molecular weight excluding hydrogens is 350 g/mol. The summed E-state index contributed by atoms with van der Waals surface area (Å²) in [6.45, 7) is 3.40. The number of hydrogen-bond donors (Lipinski definition) is 4. The number of benzene rings is 2. The number of amides is 2. The van der Waals surface area contributed by atoms with Crippen LogP contribution in [0.5, 0.6) is 5.75 Å². The molecule has 0 aromatic heterocycles. The van der Waals surface area contributed by atoms with Gasteiger partial charge in [0.15, 0.2) is 0 Å². The first kappa shape index (κ1) is 18.8. The predicted octanol–water partition coefficient (Wildman–Crippen LogP) is 2.90. The van der Waals surface area contributed by atoms with Gasteiger partial charge in [-0.1, -0.05) is 30.3 Å². The number of aromatic hydroxyl groups is 1. The van der Waals surface area contributed by atoms with E-state index in [1.54, 1.807) is 6.07 Å². The van der Waals surface area contributed by atoms with Gasteiger partial charge in [0, 0.05) is 25.2 Å². The van der Waals surface area contributed by atoms with E-state index in [0.717, 1.165) is 37.8 Å². The SMILES string of the molecule is C[C@@H](CC1Cc2ccccc2C1)NC(=O)NCC1Cc2ccc(O)cc2CN1. The summed E-state index contributed by atoms with van der Waals surface area (Å²) in [6, 6.07) is 14.4. The summed E-state index contributed by atoms with van der Waals surface area (Å²) in [7, 11) is 0. The lowest BCUT2D eigenvalue weighted by molar-refractivity contribution is 0.234. The summed E-state index contributed by atoms with van der Waals surface area (Å²) in [5, 5.41) is 19.1. The van der Waals surface area contributed by atoms with Crippen LogP contribution in [0.25, 0.3) is 0 Å². The molecule has 2 aromatic carbocycles. The highest BCUT2D eigenvalue weighted by Crippen LogP contribution is 2.29. The summed E-state index contributed by atoms with van der Waals surface area (Å²) in [5.41, 5.74) is 5.28. The molecule has 2 aromatic rings. The average Bonchev–Trinajstić information content (AvgIpc) is 3.08. The molecule has 1 aliphatic heterocycles. The van der Waals surface area contributed by atoms with Gasteiger partial charge in [-0.3, -0.25) is 0 Å². The first-order valence-electron chi connectivity index (χ1n) is 10.2. The molecule has 5 nitrogen and oxygen atoms in total. The number of carbonyl (C=O) groups is 1. The Balaban J connectivity index is 1.19. The molecule has 0 saturated heterocycles. The van der Waals surface area contributed by atoms with Gasteiger partial charge in [0.05, 0.1) is 0 Å². The number of carbonyl (C=O) groups excluding carboxylic acids is 1. The number of rotatable bonds is 5. The van der Waals surface area contributed by atoms with Crippen molar-refractivity contribution in [1.29, 1.82) is 0 Å². The molecule has 1 heterocycles. The van der Waals surface area contributed by atoms with Crippen molar-refractivity contribution in [2.24, 2.45) is 5.92 Å². The molecule has 0 spiro atoms. The maximum absolute atomic E-state index is 12.3. The fraction of sp³-hybridized carbons (Fsp3) is 0.435. The van der Waals surface area contributed by atoms with Gasteiger partial charge in [-0.05, 0) is 72.9 Å². The molecule has 2 atom stereocenters. The summed E-state index contributed by atoms with van der Waals surface area (Å²) >= 11 is 0. The van der Waals surface area contributed by atoms with Gasteiger partial charge in [0.25, 0.3) is 0 Å². The zero-order valence-corrected chi connectivity index (χ0v) is 16.4. The normalized spacial score (nSPS) is 19.5. The molecule has 148 valence electrons. The average molecular weight is 380 g/mol. The van der Waals surface area contributed by atoms with Crippen molar-refractivity contribution in [3.63, 3.8) is 0 Å². The Labute approximate surface area is 166 Å². The molecule has 28 heavy (non-hydrogen) atoms. The van der Waals surface area contributed by atoms with Crippen molar-refractivity contribution in [3.05, 3.63) is 64.7 Å². The molecular formula is C23H29N3O2. The van der Waals surface area contributed by atoms with Crippen molar-refractivity contribution >= 4 is 6.03 Å². The van der Waals surface area contributed by atoms with Gasteiger partial charge in [-0.2, -0.15) is 0 Å². The zero-order chi connectivity index (χ0) is 19.5. The number of nitrogens with one attached hydrogen (secondary N) is 3. The van der Waals surface area contributed by atoms with Crippen molar-refractivity contribution in [2.45, 2.75) is 51.2 Å². The van der Waals surface area contributed by atoms with E-state index in [1.165, 1.54) is 16.7 Å². The summed E-state index contributed by atoms with van der Waals surface area (Å²) < 4.78 is 0. The largest absolute Gasteiger partial charge is 0.508 e. The van der Waals surface area contributed by atoms with Crippen LogP contribution in [-0.4, -0.2) is 29.8 Å². The van der Waals surface area contributed by atoms with E-state index in [4.69, 9.17) is 0 Å². The molecule has 0 fully saturated rings. The van der Waals surface area contributed by atoms with Gasteiger partial charge in [-0.15, -0.1) is 0 Å². The van der Waals surface area contributed by atoms with Gasteiger partial charge in [-0.25, -0.2) is 4.79 Å². The maximum atomic E-state index is 12.3. The molecule has 5 heteroatoms. The van der Waals surface area contributed by atoms with Gasteiger partial charge < -0.3 is 21.1 Å². The van der Waals surface area contributed by atoms with Crippen LogP contribution in [-0.2, 0) is 25.8 Å². The highest BCUT2D eigenvalue weighted by atomic mass is 16.3. The first-order chi connectivity index (χ1) is 13.6. The Morgan fingerprint density at radius 3 is 2.57 bits per heavy atom. The summed E-state index contributed by atoms with van der Waals surface area (Å²) in [6.07, 6.45) is 4.09. The summed E-state index contributed by atoms with van der Waals surface area (Å²) in [4.78, 5) is 12.3. The third-order valence-corrected chi connectivity index (χ3v) is 5.95. The van der Waals surface area contributed by atoms with E-state index in [1.807, 2.05) is 12.1 Å². The van der Waals surface area contributed by atoms with E-state index in [0.29, 0.717) is 18.2 Å². The van der Waals surface area contributed by atoms with Crippen molar-refractivity contribution in [3.8, 4) is 5.75 Å². The highest BCUT2D eigenvalue weighted by molar-refractivity contribution is 5.74. The fourth-order valence-corrected chi connectivity index (χ4v) is 4.58. The van der Waals surface area contributed by atoms with Crippen molar-refractivity contribution in [2.75, 3.05) is 6.54 Å².